The number of fused-ring (bicyclic) bond motifs is 1. The van der Waals surface area contributed by atoms with Crippen LogP contribution < -0.4 is 14.4 Å². The van der Waals surface area contributed by atoms with E-state index in [0.717, 1.165) is 11.1 Å². The molecule has 1 fully saturated rings. The first kappa shape index (κ1) is 17.5. The second-order valence-electron chi connectivity index (χ2n) is 5.85. The predicted molar refractivity (Wildman–Crippen MR) is 106 cm³/mol. The molecule has 0 saturated carbocycles. The molecule has 0 unspecified atom stereocenters. The van der Waals surface area contributed by atoms with E-state index in [9.17, 15) is 14.9 Å². The number of hydrogen-bond donors (Lipinski definition) is 0. The Balaban J connectivity index is 1.65. The Morgan fingerprint density at radius 2 is 1.89 bits per heavy atom. The molecule has 2 aromatic rings. The Hall–Kier alpha value is -2.91. The summed E-state index contributed by atoms with van der Waals surface area (Å²) in [4.78, 5) is 25.0. The molecule has 0 aliphatic carbocycles. The van der Waals surface area contributed by atoms with Gasteiger partial charge in [-0.1, -0.05) is 24.0 Å². The van der Waals surface area contributed by atoms with Crippen LogP contribution in [-0.2, 0) is 4.79 Å². The van der Waals surface area contributed by atoms with E-state index < -0.39 is 4.92 Å². The molecule has 1 amide bonds. The Bertz CT molecular complexity index is 1020. The van der Waals surface area contributed by atoms with Gasteiger partial charge in [0.05, 0.1) is 15.5 Å². The van der Waals surface area contributed by atoms with Crippen molar-refractivity contribution in [2.45, 2.75) is 6.92 Å². The van der Waals surface area contributed by atoms with E-state index in [4.69, 9.17) is 21.7 Å². The van der Waals surface area contributed by atoms with Gasteiger partial charge in [-0.2, -0.15) is 0 Å². The molecule has 2 aliphatic heterocycles. The summed E-state index contributed by atoms with van der Waals surface area (Å²) in [6, 6.07) is 9.41. The van der Waals surface area contributed by atoms with Crippen LogP contribution in [0.25, 0.3) is 6.08 Å². The van der Waals surface area contributed by atoms with Crippen molar-refractivity contribution in [2.24, 2.45) is 0 Å². The topological polar surface area (TPSA) is 81.9 Å². The first-order valence-electron chi connectivity index (χ1n) is 7.87. The van der Waals surface area contributed by atoms with Crippen molar-refractivity contribution in [3.63, 3.8) is 0 Å². The molecule has 7 nitrogen and oxygen atoms in total. The van der Waals surface area contributed by atoms with Gasteiger partial charge >= 0.3 is 0 Å². The standard InChI is InChI=1S/C18H12N2O5S2/c1-10-6-14-15(25-9-24-14)7-11(10)8-16-17(21)19(18(26)27-16)12-2-4-13(5-3-12)20(22)23/h2-8H,9H2,1H3/b16-8+. The maximum atomic E-state index is 12.8. The highest BCUT2D eigenvalue weighted by atomic mass is 32.2. The number of amides is 1. The van der Waals surface area contributed by atoms with Gasteiger partial charge < -0.3 is 9.47 Å². The lowest BCUT2D eigenvalue weighted by Crippen LogP contribution is -2.27. The van der Waals surface area contributed by atoms with Crippen molar-refractivity contribution in [3.8, 4) is 11.5 Å². The third-order valence-corrected chi connectivity index (χ3v) is 5.46. The molecule has 2 heterocycles. The van der Waals surface area contributed by atoms with E-state index in [2.05, 4.69) is 0 Å². The number of nitrogens with zero attached hydrogens (tertiary/aromatic N) is 2. The zero-order valence-corrected chi connectivity index (χ0v) is 15.6. The van der Waals surface area contributed by atoms with Crippen LogP contribution in [0.5, 0.6) is 11.5 Å². The number of rotatable bonds is 3. The molecule has 1 saturated heterocycles. The second-order valence-corrected chi connectivity index (χ2v) is 7.53. The number of thiocarbonyl (C=S) groups is 1. The molecule has 136 valence electrons. The third-order valence-electron chi connectivity index (χ3n) is 4.16. The number of hydrogen-bond acceptors (Lipinski definition) is 7. The fourth-order valence-electron chi connectivity index (χ4n) is 2.77. The molecular formula is C18H12N2O5S2. The SMILES string of the molecule is Cc1cc2c(cc1/C=C1/SC(=S)N(c3ccc([N+](=O)[O-])cc3)C1=O)OCO2. The monoisotopic (exact) mass is 400 g/mol. The molecule has 0 radical (unpaired) electrons. The maximum absolute atomic E-state index is 12.8. The highest BCUT2D eigenvalue weighted by Gasteiger charge is 2.33. The smallest absolute Gasteiger partial charge is 0.270 e. The maximum Gasteiger partial charge on any atom is 0.270 e. The molecule has 2 aliphatic rings. The Morgan fingerprint density at radius 3 is 2.56 bits per heavy atom. The van der Waals surface area contributed by atoms with Crippen molar-refractivity contribution < 1.29 is 19.2 Å². The van der Waals surface area contributed by atoms with Gasteiger partial charge in [0.2, 0.25) is 6.79 Å². The van der Waals surface area contributed by atoms with E-state index in [0.29, 0.717) is 26.4 Å². The molecular weight excluding hydrogens is 388 g/mol. The molecule has 0 spiro atoms. The van der Waals surface area contributed by atoms with Crippen LogP contribution >= 0.6 is 24.0 Å². The summed E-state index contributed by atoms with van der Waals surface area (Å²) in [6.45, 7) is 2.10. The van der Waals surface area contributed by atoms with Gasteiger partial charge in [-0.15, -0.1) is 0 Å². The van der Waals surface area contributed by atoms with Gasteiger partial charge in [-0.25, -0.2) is 0 Å². The molecule has 9 heteroatoms. The van der Waals surface area contributed by atoms with Gasteiger partial charge in [0, 0.05) is 12.1 Å². The number of benzene rings is 2. The lowest BCUT2D eigenvalue weighted by Gasteiger charge is -2.14. The largest absolute Gasteiger partial charge is 0.454 e. The molecule has 2 aromatic carbocycles. The molecule has 0 bridgehead atoms. The quantitative estimate of drug-likeness (QED) is 0.333. The summed E-state index contributed by atoms with van der Waals surface area (Å²) >= 11 is 6.53. The number of carbonyl (C=O) groups is 1. The second kappa shape index (κ2) is 6.67. The van der Waals surface area contributed by atoms with E-state index in [1.165, 1.54) is 40.9 Å². The molecule has 0 N–H and O–H groups in total. The fourth-order valence-corrected chi connectivity index (χ4v) is 4.06. The summed E-state index contributed by atoms with van der Waals surface area (Å²) in [5.41, 5.74) is 2.23. The molecule has 0 atom stereocenters. The minimum Gasteiger partial charge on any atom is -0.454 e. The third kappa shape index (κ3) is 3.15. The van der Waals surface area contributed by atoms with E-state index in [1.807, 2.05) is 19.1 Å². The zero-order valence-electron chi connectivity index (χ0n) is 14.0. The van der Waals surface area contributed by atoms with Crippen LogP contribution in [0.2, 0.25) is 0 Å². The van der Waals surface area contributed by atoms with Crippen molar-refractivity contribution >= 4 is 51.7 Å². The van der Waals surface area contributed by atoms with Crippen molar-refractivity contribution in [1.82, 2.24) is 0 Å². The summed E-state index contributed by atoms with van der Waals surface area (Å²) in [5.74, 6) is 1.05. The summed E-state index contributed by atoms with van der Waals surface area (Å²) < 4.78 is 11.1. The van der Waals surface area contributed by atoms with Crippen LogP contribution in [0.4, 0.5) is 11.4 Å². The van der Waals surface area contributed by atoms with E-state index >= 15 is 0 Å². The minimum atomic E-state index is -0.490. The van der Waals surface area contributed by atoms with Crippen molar-refractivity contribution in [1.29, 1.82) is 0 Å². The average Bonchev–Trinajstić information content (AvgIpc) is 3.19. The lowest BCUT2D eigenvalue weighted by atomic mass is 10.1. The van der Waals surface area contributed by atoms with Crippen LogP contribution in [-0.4, -0.2) is 21.9 Å². The molecule has 0 aromatic heterocycles. The molecule has 4 rings (SSSR count). The van der Waals surface area contributed by atoms with Gasteiger partial charge in [-0.3, -0.25) is 19.8 Å². The summed E-state index contributed by atoms with van der Waals surface area (Å²) in [6.07, 6.45) is 1.77. The van der Waals surface area contributed by atoms with Crippen LogP contribution in [0, 0.1) is 17.0 Å². The van der Waals surface area contributed by atoms with E-state index in [1.54, 1.807) is 6.08 Å². The number of thioether (sulfide) groups is 1. The molecule has 27 heavy (non-hydrogen) atoms. The van der Waals surface area contributed by atoms with Crippen molar-refractivity contribution in [3.05, 3.63) is 62.5 Å². The van der Waals surface area contributed by atoms with Crippen molar-refractivity contribution in [2.75, 3.05) is 11.7 Å². The van der Waals surface area contributed by atoms with Gasteiger partial charge in [0.15, 0.2) is 15.8 Å². The Labute approximate surface area is 163 Å². The summed E-state index contributed by atoms with van der Waals surface area (Å²) in [5, 5.41) is 10.8. The number of non-ortho nitro benzene ring substituents is 1. The summed E-state index contributed by atoms with van der Waals surface area (Å²) in [7, 11) is 0. The van der Waals surface area contributed by atoms with E-state index in [-0.39, 0.29) is 18.4 Å². The first-order valence-corrected chi connectivity index (χ1v) is 9.09. The van der Waals surface area contributed by atoms with Crippen LogP contribution in [0.15, 0.2) is 41.3 Å². The fraction of sp³-hybridized carbons (Fsp3) is 0.111. The normalized spacial score (nSPS) is 17.1. The van der Waals surface area contributed by atoms with Gasteiger partial charge in [0.1, 0.15) is 0 Å². The number of anilines is 1. The average molecular weight is 400 g/mol. The number of nitro groups is 1. The number of carbonyl (C=O) groups excluding carboxylic acids is 1. The highest BCUT2D eigenvalue weighted by Crippen LogP contribution is 2.39. The highest BCUT2D eigenvalue weighted by molar-refractivity contribution is 8.27. The van der Waals surface area contributed by atoms with Crippen LogP contribution in [0.1, 0.15) is 11.1 Å². The predicted octanol–water partition coefficient (Wildman–Crippen LogP) is 4.04. The van der Waals surface area contributed by atoms with Gasteiger partial charge in [0.25, 0.3) is 11.6 Å². The van der Waals surface area contributed by atoms with Gasteiger partial charge in [-0.05, 0) is 48.4 Å². The lowest BCUT2D eigenvalue weighted by molar-refractivity contribution is -0.384. The number of ether oxygens (including phenoxy) is 2. The number of aryl methyl sites for hydroxylation is 1. The van der Waals surface area contributed by atoms with Crippen LogP contribution in [0.3, 0.4) is 0 Å². The zero-order chi connectivity index (χ0) is 19.1. The first-order chi connectivity index (χ1) is 12.9. The Kier molecular flexibility index (Phi) is 4.33. The number of nitro benzene ring substituents is 1. The minimum absolute atomic E-state index is 0.0456. The Morgan fingerprint density at radius 1 is 1.22 bits per heavy atom.